The van der Waals surface area contributed by atoms with Gasteiger partial charge in [-0.1, -0.05) is 6.08 Å². The van der Waals surface area contributed by atoms with Crippen LogP contribution in [0.4, 0.5) is 0 Å². The van der Waals surface area contributed by atoms with E-state index in [4.69, 9.17) is 5.73 Å². The SMILES string of the molecule is C=CCONC(=O)C(C)(C)N. The third-order valence-electron chi connectivity index (χ3n) is 0.951. The summed E-state index contributed by atoms with van der Waals surface area (Å²) in [5.41, 5.74) is 6.73. The van der Waals surface area contributed by atoms with Crippen LogP contribution in [0, 0.1) is 0 Å². The molecule has 4 nitrogen and oxygen atoms in total. The first-order valence-electron chi connectivity index (χ1n) is 3.30. The highest BCUT2D eigenvalue weighted by molar-refractivity contribution is 5.84. The molecule has 0 saturated heterocycles. The van der Waals surface area contributed by atoms with Gasteiger partial charge in [-0.3, -0.25) is 9.63 Å². The Bertz CT molecular complexity index is 149. The zero-order valence-corrected chi connectivity index (χ0v) is 6.89. The largest absolute Gasteiger partial charge is 0.318 e. The van der Waals surface area contributed by atoms with Crippen LogP contribution in [0.3, 0.4) is 0 Å². The maximum atomic E-state index is 10.9. The molecule has 1 amide bonds. The molecule has 0 aromatic heterocycles. The molecule has 11 heavy (non-hydrogen) atoms. The van der Waals surface area contributed by atoms with Crippen molar-refractivity contribution < 1.29 is 9.63 Å². The molecule has 0 bridgehead atoms. The molecule has 0 atom stereocenters. The molecule has 0 fully saturated rings. The molecule has 0 aliphatic rings. The smallest absolute Gasteiger partial charge is 0.263 e. The molecule has 0 radical (unpaired) electrons. The van der Waals surface area contributed by atoms with E-state index < -0.39 is 5.54 Å². The first kappa shape index (κ1) is 10.1. The predicted molar refractivity (Wildman–Crippen MR) is 42.6 cm³/mol. The fourth-order valence-corrected chi connectivity index (χ4v) is 0.298. The van der Waals surface area contributed by atoms with Gasteiger partial charge in [-0.15, -0.1) is 6.58 Å². The van der Waals surface area contributed by atoms with E-state index in [0.717, 1.165) is 0 Å². The molecule has 0 aromatic rings. The van der Waals surface area contributed by atoms with Gasteiger partial charge >= 0.3 is 0 Å². The van der Waals surface area contributed by atoms with Crippen LogP contribution in [0.2, 0.25) is 0 Å². The lowest BCUT2D eigenvalue weighted by Gasteiger charge is -2.16. The quantitative estimate of drug-likeness (QED) is 0.343. The number of amides is 1. The zero-order valence-electron chi connectivity index (χ0n) is 6.89. The summed E-state index contributed by atoms with van der Waals surface area (Å²) in [6.45, 7) is 6.89. The molecule has 0 saturated carbocycles. The third-order valence-corrected chi connectivity index (χ3v) is 0.951. The number of carbonyl (C=O) groups is 1. The summed E-state index contributed by atoms with van der Waals surface area (Å²) in [4.78, 5) is 15.6. The molecule has 0 aliphatic carbocycles. The molecule has 0 heterocycles. The summed E-state index contributed by atoms with van der Waals surface area (Å²) in [5, 5.41) is 0. The molecule has 0 unspecified atom stereocenters. The van der Waals surface area contributed by atoms with E-state index in [1.54, 1.807) is 13.8 Å². The minimum Gasteiger partial charge on any atom is -0.318 e. The molecule has 3 N–H and O–H groups in total. The number of nitrogens with one attached hydrogen (secondary N) is 1. The van der Waals surface area contributed by atoms with Crippen LogP contribution in [-0.4, -0.2) is 18.1 Å². The number of hydroxylamine groups is 1. The number of nitrogens with two attached hydrogens (primary N) is 1. The second-order valence-corrected chi connectivity index (χ2v) is 2.75. The number of carbonyl (C=O) groups excluding carboxylic acids is 1. The molecule has 0 aromatic carbocycles. The van der Waals surface area contributed by atoms with E-state index in [1.165, 1.54) is 6.08 Å². The van der Waals surface area contributed by atoms with Crippen molar-refractivity contribution in [2.45, 2.75) is 19.4 Å². The average Bonchev–Trinajstić information content (AvgIpc) is 1.86. The van der Waals surface area contributed by atoms with E-state index in [-0.39, 0.29) is 12.5 Å². The monoisotopic (exact) mass is 158 g/mol. The van der Waals surface area contributed by atoms with Crippen LogP contribution >= 0.6 is 0 Å². The van der Waals surface area contributed by atoms with Gasteiger partial charge in [0, 0.05) is 0 Å². The van der Waals surface area contributed by atoms with Crippen LogP contribution in [0.1, 0.15) is 13.8 Å². The Morgan fingerprint density at radius 2 is 2.36 bits per heavy atom. The Morgan fingerprint density at radius 3 is 2.73 bits per heavy atom. The highest BCUT2D eigenvalue weighted by atomic mass is 16.6. The van der Waals surface area contributed by atoms with Crippen molar-refractivity contribution >= 4 is 5.91 Å². The molecule has 0 aliphatic heterocycles. The van der Waals surface area contributed by atoms with Crippen molar-refractivity contribution in [3.8, 4) is 0 Å². The summed E-state index contributed by atoms with van der Waals surface area (Å²) in [7, 11) is 0. The summed E-state index contributed by atoms with van der Waals surface area (Å²) in [6.07, 6.45) is 1.53. The Hall–Kier alpha value is -0.870. The fourth-order valence-electron chi connectivity index (χ4n) is 0.298. The summed E-state index contributed by atoms with van der Waals surface area (Å²) in [6, 6.07) is 0. The van der Waals surface area contributed by atoms with E-state index in [1.807, 2.05) is 0 Å². The lowest BCUT2D eigenvalue weighted by Crippen LogP contribution is -2.49. The fraction of sp³-hybridized carbons (Fsp3) is 0.571. The molecule has 0 rings (SSSR count). The number of hydrogen-bond acceptors (Lipinski definition) is 3. The van der Waals surface area contributed by atoms with E-state index in [2.05, 4.69) is 16.9 Å². The topological polar surface area (TPSA) is 64.3 Å². The summed E-state index contributed by atoms with van der Waals surface area (Å²) < 4.78 is 0. The zero-order chi connectivity index (χ0) is 8.91. The average molecular weight is 158 g/mol. The van der Waals surface area contributed by atoms with Crippen LogP contribution in [0.25, 0.3) is 0 Å². The van der Waals surface area contributed by atoms with Crippen LogP contribution in [0.15, 0.2) is 12.7 Å². The second kappa shape index (κ2) is 4.10. The van der Waals surface area contributed by atoms with Gasteiger partial charge in [-0.2, -0.15) is 0 Å². The Labute approximate surface area is 66.4 Å². The van der Waals surface area contributed by atoms with Crippen LogP contribution in [0.5, 0.6) is 0 Å². The maximum absolute atomic E-state index is 10.9. The van der Waals surface area contributed by atoms with Gasteiger partial charge in [-0.05, 0) is 13.8 Å². The summed E-state index contributed by atoms with van der Waals surface area (Å²) in [5.74, 6) is -0.348. The van der Waals surface area contributed by atoms with Crippen molar-refractivity contribution in [3.05, 3.63) is 12.7 Å². The Balaban J connectivity index is 3.62. The normalized spacial score (nSPS) is 10.8. The lowest BCUT2D eigenvalue weighted by atomic mass is 10.1. The van der Waals surface area contributed by atoms with E-state index in [0.29, 0.717) is 0 Å². The van der Waals surface area contributed by atoms with Crippen LogP contribution in [-0.2, 0) is 9.63 Å². The van der Waals surface area contributed by atoms with Crippen LogP contribution < -0.4 is 11.2 Å². The van der Waals surface area contributed by atoms with Gasteiger partial charge in [0.25, 0.3) is 5.91 Å². The van der Waals surface area contributed by atoms with Crippen molar-refractivity contribution in [2.75, 3.05) is 6.61 Å². The first-order chi connectivity index (χ1) is 4.98. The third kappa shape index (κ3) is 4.52. The van der Waals surface area contributed by atoms with Crippen molar-refractivity contribution in [3.63, 3.8) is 0 Å². The van der Waals surface area contributed by atoms with Crippen molar-refractivity contribution in [2.24, 2.45) is 5.73 Å². The van der Waals surface area contributed by atoms with Gasteiger partial charge in [0.1, 0.15) is 0 Å². The Kier molecular flexibility index (Phi) is 3.78. The van der Waals surface area contributed by atoms with Crippen molar-refractivity contribution in [1.29, 1.82) is 0 Å². The molecular weight excluding hydrogens is 144 g/mol. The highest BCUT2D eigenvalue weighted by Crippen LogP contribution is 1.94. The predicted octanol–water partition coefficient (Wildman–Crippen LogP) is -0.0425. The van der Waals surface area contributed by atoms with Gasteiger partial charge in [-0.25, -0.2) is 5.48 Å². The minimum absolute atomic E-state index is 0.280. The van der Waals surface area contributed by atoms with Gasteiger partial charge in [0.2, 0.25) is 0 Å². The molecular formula is C7H14N2O2. The first-order valence-corrected chi connectivity index (χ1v) is 3.30. The van der Waals surface area contributed by atoms with Gasteiger partial charge in [0.05, 0.1) is 12.1 Å². The van der Waals surface area contributed by atoms with Gasteiger partial charge in [0.15, 0.2) is 0 Å². The maximum Gasteiger partial charge on any atom is 0.263 e. The number of rotatable bonds is 4. The highest BCUT2D eigenvalue weighted by Gasteiger charge is 2.21. The number of hydrogen-bond donors (Lipinski definition) is 2. The minimum atomic E-state index is -0.902. The molecule has 0 spiro atoms. The van der Waals surface area contributed by atoms with E-state index in [9.17, 15) is 4.79 Å². The lowest BCUT2D eigenvalue weighted by molar-refractivity contribution is -0.137. The molecule has 64 valence electrons. The standard InChI is InChI=1S/C7H14N2O2/c1-4-5-11-9-6(10)7(2,3)8/h4H,1,5,8H2,2-3H3,(H,9,10). The second-order valence-electron chi connectivity index (χ2n) is 2.75. The van der Waals surface area contributed by atoms with E-state index >= 15 is 0 Å². The van der Waals surface area contributed by atoms with Crippen molar-refractivity contribution in [1.82, 2.24) is 5.48 Å². The molecule has 4 heteroatoms. The van der Waals surface area contributed by atoms with Gasteiger partial charge < -0.3 is 5.73 Å². The summed E-state index contributed by atoms with van der Waals surface area (Å²) >= 11 is 0. The Morgan fingerprint density at radius 1 is 1.82 bits per heavy atom.